The van der Waals surface area contributed by atoms with E-state index < -0.39 is 0 Å². The third kappa shape index (κ3) is 4.45. The maximum atomic E-state index is 9.76. The highest BCUT2D eigenvalue weighted by Gasteiger charge is 2.23. The van der Waals surface area contributed by atoms with Crippen molar-refractivity contribution in [1.29, 1.82) is 0 Å². The van der Waals surface area contributed by atoms with Gasteiger partial charge in [-0.05, 0) is 29.7 Å². The van der Waals surface area contributed by atoms with E-state index in [0.29, 0.717) is 5.25 Å². The van der Waals surface area contributed by atoms with Crippen molar-refractivity contribution < 1.29 is 5.11 Å². The second-order valence-electron chi connectivity index (χ2n) is 3.42. The van der Waals surface area contributed by atoms with E-state index in [4.69, 9.17) is 0 Å². The van der Waals surface area contributed by atoms with E-state index in [1.54, 1.807) is 27.7 Å². The SMILES string of the molecule is C=CN=C(C=C)SSC1CCCCC1O. The molecule has 4 heteroatoms. The molecule has 0 aromatic heterocycles. The Bertz CT molecular complexity index is 253. The van der Waals surface area contributed by atoms with Crippen LogP contribution in [0.4, 0.5) is 0 Å². The Hall–Kier alpha value is -0.190. The molecule has 0 aromatic rings. The Labute approximate surface area is 99.3 Å². The number of rotatable bonds is 4. The van der Waals surface area contributed by atoms with Crippen molar-refractivity contribution in [1.82, 2.24) is 0 Å². The van der Waals surface area contributed by atoms with Crippen molar-refractivity contribution in [2.45, 2.75) is 37.0 Å². The molecule has 1 N–H and O–H groups in total. The predicted molar refractivity (Wildman–Crippen MR) is 71.3 cm³/mol. The first-order chi connectivity index (χ1) is 7.27. The molecule has 0 saturated heterocycles. The van der Waals surface area contributed by atoms with Gasteiger partial charge in [0.05, 0.1) is 6.10 Å². The molecule has 1 saturated carbocycles. The van der Waals surface area contributed by atoms with Crippen molar-refractivity contribution in [3.63, 3.8) is 0 Å². The van der Waals surface area contributed by atoms with Crippen LogP contribution in [0.1, 0.15) is 25.7 Å². The quantitative estimate of drug-likeness (QED) is 0.466. The topological polar surface area (TPSA) is 32.6 Å². The van der Waals surface area contributed by atoms with Crippen LogP contribution in [0.15, 0.2) is 30.4 Å². The molecular formula is C11H17NOS2. The van der Waals surface area contributed by atoms with Gasteiger partial charge in [-0.3, -0.25) is 0 Å². The highest BCUT2D eigenvalue weighted by Crippen LogP contribution is 2.37. The number of aliphatic hydroxyl groups excluding tert-OH is 1. The van der Waals surface area contributed by atoms with Crippen LogP contribution in [0, 0.1) is 0 Å². The van der Waals surface area contributed by atoms with Gasteiger partial charge in [0.25, 0.3) is 0 Å². The van der Waals surface area contributed by atoms with Gasteiger partial charge in [-0.15, -0.1) is 0 Å². The van der Waals surface area contributed by atoms with Crippen LogP contribution in [-0.2, 0) is 0 Å². The summed E-state index contributed by atoms with van der Waals surface area (Å²) in [6.45, 7) is 7.24. The molecule has 0 amide bonds. The monoisotopic (exact) mass is 243 g/mol. The molecule has 15 heavy (non-hydrogen) atoms. The zero-order valence-corrected chi connectivity index (χ0v) is 10.4. The van der Waals surface area contributed by atoms with Gasteiger partial charge in [-0.2, -0.15) is 0 Å². The fourth-order valence-electron chi connectivity index (χ4n) is 1.50. The molecule has 2 nitrogen and oxygen atoms in total. The van der Waals surface area contributed by atoms with Gasteiger partial charge in [0.1, 0.15) is 5.04 Å². The van der Waals surface area contributed by atoms with Crippen molar-refractivity contribution >= 4 is 26.6 Å². The largest absolute Gasteiger partial charge is 0.392 e. The van der Waals surface area contributed by atoms with E-state index in [1.807, 2.05) is 0 Å². The summed E-state index contributed by atoms with van der Waals surface area (Å²) in [6, 6.07) is 0. The zero-order chi connectivity index (χ0) is 11.1. The second kappa shape index (κ2) is 7.14. The number of hydrogen-bond acceptors (Lipinski definition) is 4. The highest BCUT2D eigenvalue weighted by molar-refractivity contribution is 8.82. The zero-order valence-electron chi connectivity index (χ0n) is 8.76. The number of aliphatic hydroxyl groups is 1. The third-order valence-corrected chi connectivity index (χ3v) is 5.20. The average Bonchev–Trinajstić information content (AvgIpc) is 2.26. The van der Waals surface area contributed by atoms with Crippen LogP contribution >= 0.6 is 21.6 Å². The summed E-state index contributed by atoms with van der Waals surface area (Å²) in [5, 5.41) is 11.0. The summed E-state index contributed by atoms with van der Waals surface area (Å²) < 4.78 is 0. The molecule has 1 fully saturated rings. The van der Waals surface area contributed by atoms with Crippen molar-refractivity contribution in [3.8, 4) is 0 Å². The summed E-state index contributed by atoms with van der Waals surface area (Å²) in [5.41, 5.74) is 0. The smallest absolute Gasteiger partial charge is 0.106 e. The lowest BCUT2D eigenvalue weighted by Crippen LogP contribution is -2.26. The van der Waals surface area contributed by atoms with E-state index in [9.17, 15) is 5.11 Å². The number of aliphatic imine (C=N–C) groups is 1. The lowest BCUT2D eigenvalue weighted by Gasteiger charge is -2.26. The van der Waals surface area contributed by atoms with E-state index in [1.165, 1.54) is 12.6 Å². The van der Waals surface area contributed by atoms with Crippen LogP contribution in [-0.4, -0.2) is 21.5 Å². The lowest BCUT2D eigenvalue weighted by molar-refractivity contribution is 0.137. The van der Waals surface area contributed by atoms with E-state index in [2.05, 4.69) is 18.2 Å². The molecule has 0 radical (unpaired) electrons. The fourth-order valence-corrected chi connectivity index (χ4v) is 4.11. The van der Waals surface area contributed by atoms with Crippen LogP contribution in [0.2, 0.25) is 0 Å². The van der Waals surface area contributed by atoms with Gasteiger partial charge >= 0.3 is 0 Å². The van der Waals surface area contributed by atoms with Crippen molar-refractivity contribution in [2.75, 3.05) is 0 Å². The van der Waals surface area contributed by atoms with Crippen LogP contribution in [0.3, 0.4) is 0 Å². The van der Waals surface area contributed by atoms with Gasteiger partial charge < -0.3 is 5.11 Å². The Morgan fingerprint density at radius 1 is 1.33 bits per heavy atom. The Morgan fingerprint density at radius 2 is 2.07 bits per heavy atom. The molecule has 0 aromatic carbocycles. The third-order valence-electron chi connectivity index (χ3n) is 2.32. The minimum atomic E-state index is -0.161. The summed E-state index contributed by atoms with van der Waals surface area (Å²) in [7, 11) is 3.27. The molecule has 1 aliphatic rings. The van der Waals surface area contributed by atoms with E-state index in [0.717, 1.165) is 24.3 Å². The maximum Gasteiger partial charge on any atom is 0.106 e. The Kier molecular flexibility index (Phi) is 6.13. The fraction of sp³-hybridized carbons (Fsp3) is 0.545. The first-order valence-corrected chi connectivity index (χ1v) is 7.31. The molecule has 2 atom stereocenters. The highest BCUT2D eigenvalue weighted by atomic mass is 33.1. The van der Waals surface area contributed by atoms with E-state index in [-0.39, 0.29) is 6.10 Å². The van der Waals surface area contributed by atoms with Crippen LogP contribution in [0.5, 0.6) is 0 Å². The first kappa shape index (κ1) is 12.9. The van der Waals surface area contributed by atoms with Crippen molar-refractivity contribution in [2.24, 2.45) is 4.99 Å². The minimum Gasteiger partial charge on any atom is -0.392 e. The van der Waals surface area contributed by atoms with Gasteiger partial charge in [-0.25, -0.2) is 4.99 Å². The maximum absolute atomic E-state index is 9.76. The molecular weight excluding hydrogens is 226 g/mol. The minimum absolute atomic E-state index is 0.161. The van der Waals surface area contributed by atoms with Crippen molar-refractivity contribution in [3.05, 3.63) is 25.4 Å². The molecule has 84 valence electrons. The normalized spacial score (nSPS) is 27.4. The van der Waals surface area contributed by atoms with Crippen LogP contribution < -0.4 is 0 Å². The molecule has 0 spiro atoms. The van der Waals surface area contributed by atoms with Gasteiger partial charge in [0.15, 0.2) is 0 Å². The van der Waals surface area contributed by atoms with Gasteiger partial charge in [0, 0.05) is 11.4 Å². The van der Waals surface area contributed by atoms with E-state index >= 15 is 0 Å². The average molecular weight is 243 g/mol. The van der Waals surface area contributed by atoms with Gasteiger partial charge in [-0.1, -0.05) is 36.8 Å². The first-order valence-electron chi connectivity index (χ1n) is 5.10. The molecule has 1 rings (SSSR count). The predicted octanol–water partition coefficient (Wildman–Crippen LogP) is 3.40. The molecule has 0 heterocycles. The summed E-state index contributed by atoms with van der Waals surface area (Å²) >= 11 is 0. The Balaban J connectivity index is 2.37. The lowest BCUT2D eigenvalue weighted by atomic mass is 9.97. The second-order valence-corrected chi connectivity index (χ2v) is 5.88. The molecule has 0 aliphatic heterocycles. The van der Waals surface area contributed by atoms with Crippen LogP contribution in [0.25, 0.3) is 0 Å². The summed E-state index contributed by atoms with van der Waals surface area (Å²) in [5.74, 6) is 0. The summed E-state index contributed by atoms with van der Waals surface area (Å²) in [4.78, 5) is 4.08. The van der Waals surface area contributed by atoms with Gasteiger partial charge in [0.2, 0.25) is 0 Å². The molecule has 2 unspecified atom stereocenters. The number of nitrogens with zero attached hydrogens (tertiary/aromatic N) is 1. The molecule has 0 bridgehead atoms. The molecule has 1 aliphatic carbocycles. The summed E-state index contributed by atoms with van der Waals surface area (Å²) in [6.07, 6.45) is 7.47. The Morgan fingerprint density at radius 3 is 2.67 bits per heavy atom. The standard InChI is InChI=1S/C11H17NOS2/c1-3-11(12-4-2)15-14-10-8-6-5-7-9(10)13/h3-4,9-10,13H,1-2,5-8H2. The number of hydrogen-bond donors (Lipinski definition) is 1.